The Labute approximate surface area is 105 Å². The number of hydrogen-bond acceptors (Lipinski definition) is 1. The van der Waals surface area contributed by atoms with Crippen LogP contribution in [0.4, 0.5) is 0 Å². The van der Waals surface area contributed by atoms with E-state index in [1.165, 1.54) is 11.1 Å². The van der Waals surface area contributed by atoms with Gasteiger partial charge in [-0.1, -0.05) is 46.6 Å². The van der Waals surface area contributed by atoms with Crippen LogP contribution < -0.4 is 0 Å². The van der Waals surface area contributed by atoms with Crippen LogP contribution in [0.1, 0.15) is 36.8 Å². The number of carboxylic acids is 1. The molecule has 0 aliphatic heterocycles. The lowest BCUT2D eigenvalue weighted by molar-refractivity contribution is -0.137. The summed E-state index contributed by atoms with van der Waals surface area (Å²) in [6.45, 7) is 0. The minimum Gasteiger partial charge on any atom is -0.481 e. The Kier molecular flexibility index (Phi) is 6.16. The second-order valence-corrected chi connectivity index (χ2v) is 4.47. The van der Waals surface area contributed by atoms with Crippen molar-refractivity contribution in [3.8, 4) is 0 Å². The summed E-state index contributed by atoms with van der Waals surface area (Å²) in [5.74, 6) is -0.693. The molecular weight excluding hydrogens is 268 g/mol. The van der Waals surface area contributed by atoms with Gasteiger partial charge in [-0.25, -0.2) is 0 Å². The third kappa shape index (κ3) is 5.31. The van der Waals surface area contributed by atoms with Gasteiger partial charge in [0.15, 0.2) is 0 Å². The van der Waals surface area contributed by atoms with E-state index in [2.05, 4.69) is 40.2 Å². The number of aryl methyl sites for hydroxylation is 1. The van der Waals surface area contributed by atoms with Crippen LogP contribution in [-0.2, 0) is 16.5 Å². The van der Waals surface area contributed by atoms with Gasteiger partial charge in [-0.05, 0) is 30.4 Å². The fourth-order valence-corrected chi connectivity index (χ4v) is 2.00. The molecule has 0 amide bonds. The van der Waals surface area contributed by atoms with E-state index in [9.17, 15) is 4.79 Å². The van der Waals surface area contributed by atoms with Crippen molar-refractivity contribution in [3.63, 3.8) is 0 Å². The van der Waals surface area contributed by atoms with E-state index in [1.807, 2.05) is 0 Å². The van der Waals surface area contributed by atoms with Crippen molar-refractivity contribution in [1.29, 1.82) is 0 Å². The maximum atomic E-state index is 10.3. The number of rotatable bonds is 7. The third-order valence-electron chi connectivity index (χ3n) is 2.50. The van der Waals surface area contributed by atoms with Crippen molar-refractivity contribution >= 4 is 21.9 Å². The molecule has 2 nitrogen and oxygen atoms in total. The molecule has 0 radical (unpaired) electrons. The highest BCUT2D eigenvalue weighted by Gasteiger charge is 1.98. The highest BCUT2D eigenvalue weighted by Crippen LogP contribution is 2.12. The summed E-state index contributed by atoms with van der Waals surface area (Å²) < 4.78 is 0. The zero-order valence-electron chi connectivity index (χ0n) is 9.29. The van der Waals surface area contributed by atoms with Crippen LogP contribution in [0.25, 0.3) is 0 Å². The minimum atomic E-state index is -0.693. The van der Waals surface area contributed by atoms with Gasteiger partial charge in [0.2, 0.25) is 0 Å². The molecule has 16 heavy (non-hydrogen) atoms. The zero-order valence-corrected chi connectivity index (χ0v) is 10.9. The van der Waals surface area contributed by atoms with E-state index in [0.717, 1.165) is 31.0 Å². The van der Waals surface area contributed by atoms with E-state index >= 15 is 0 Å². The van der Waals surface area contributed by atoms with E-state index in [0.29, 0.717) is 6.42 Å². The van der Waals surface area contributed by atoms with E-state index in [4.69, 9.17) is 5.11 Å². The Morgan fingerprint density at radius 1 is 1.19 bits per heavy atom. The van der Waals surface area contributed by atoms with Gasteiger partial charge in [0.05, 0.1) is 0 Å². The number of alkyl halides is 1. The molecule has 0 saturated heterocycles. The molecule has 1 N–H and O–H groups in total. The van der Waals surface area contributed by atoms with Crippen molar-refractivity contribution in [2.45, 2.75) is 37.4 Å². The quantitative estimate of drug-likeness (QED) is 0.611. The Hall–Kier alpha value is -0.830. The van der Waals surface area contributed by atoms with Gasteiger partial charge in [-0.15, -0.1) is 0 Å². The second-order valence-electron chi connectivity index (χ2n) is 3.91. The van der Waals surface area contributed by atoms with Crippen LogP contribution in [0, 0.1) is 0 Å². The lowest BCUT2D eigenvalue weighted by Crippen LogP contribution is -1.94. The summed E-state index contributed by atoms with van der Waals surface area (Å²) in [6.07, 6.45) is 4.18. The topological polar surface area (TPSA) is 37.3 Å². The van der Waals surface area contributed by atoms with Crippen LogP contribution >= 0.6 is 15.9 Å². The average Bonchev–Trinajstić information content (AvgIpc) is 2.28. The van der Waals surface area contributed by atoms with Gasteiger partial charge in [-0.3, -0.25) is 4.79 Å². The monoisotopic (exact) mass is 284 g/mol. The maximum Gasteiger partial charge on any atom is 0.303 e. The fourth-order valence-electron chi connectivity index (χ4n) is 1.65. The Morgan fingerprint density at radius 3 is 2.62 bits per heavy atom. The Bertz CT molecular complexity index is 336. The van der Waals surface area contributed by atoms with E-state index in [1.54, 1.807) is 0 Å². The summed E-state index contributed by atoms with van der Waals surface area (Å²) in [5, 5.41) is 9.38. The summed E-state index contributed by atoms with van der Waals surface area (Å²) >= 11 is 3.44. The highest BCUT2D eigenvalue weighted by molar-refractivity contribution is 9.08. The molecule has 1 aromatic carbocycles. The number of hydrogen-bond donors (Lipinski definition) is 1. The van der Waals surface area contributed by atoms with Crippen LogP contribution in [0.15, 0.2) is 24.3 Å². The molecule has 0 atom stereocenters. The van der Waals surface area contributed by atoms with Crippen LogP contribution in [0.2, 0.25) is 0 Å². The average molecular weight is 285 g/mol. The number of halogens is 1. The maximum absolute atomic E-state index is 10.3. The molecule has 0 fully saturated rings. The van der Waals surface area contributed by atoms with Crippen LogP contribution in [0.3, 0.4) is 0 Å². The Morgan fingerprint density at radius 2 is 1.94 bits per heavy atom. The third-order valence-corrected chi connectivity index (χ3v) is 3.15. The molecule has 0 spiro atoms. The Balaban J connectivity index is 2.23. The summed E-state index contributed by atoms with van der Waals surface area (Å²) in [4.78, 5) is 10.3. The molecule has 0 aliphatic carbocycles. The number of aliphatic carboxylic acids is 1. The number of carbonyl (C=O) groups is 1. The van der Waals surface area contributed by atoms with Crippen molar-refractivity contribution in [3.05, 3.63) is 35.4 Å². The molecule has 88 valence electrons. The first kappa shape index (κ1) is 13.2. The molecule has 0 aromatic heterocycles. The summed E-state index contributed by atoms with van der Waals surface area (Å²) in [5.41, 5.74) is 2.63. The van der Waals surface area contributed by atoms with Crippen LogP contribution in [0.5, 0.6) is 0 Å². The van der Waals surface area contributed by atoms with Gasteiger partial charge in [0.25, 0.3) is 0 Å². The molecule has 1 aromatic rings. The smallest absolute Gasteiger partial charge is 0.303 e. The predicted octanol–water partition coefficient (Wildman–Crippen LogP) is 3.77. The fraction of sp³-hybridized carbons (Fsp3) is 0.462. The minimum absolute atomic E-state index is 0.293. The van der Waals surface area contributed by atoms with E-state index in [-0.39, 0.29) is 0 Å². The molecule has 0 heterocycles. The van der Waals surface area contributed by atoms with Crippen molar-refractivity contribution in [1.82, 2.24) is 0 Å². The van der Waals surface area contributed by atoms with Crippen molar-refractivity contribution < 1.29 is 9.90 Å². The molecule has 0 bridgehead atoms. The first-order valence-electron chi connectivity index (χ1n) is 5.58. The molecule has 0 aliphatic rings. The molecule has 0 saturated carbocycles. The molecule has 1 rings (SSSR count). The first-order valence-corrected chi connectivity index (χ1v) is 6.70. The lowest BCUT2D eigenvalue weighted by atomic mass is 10.0. The van der Waals surface area contributed by atoms with Gasteiger partial charge < -0.3 is 5.11 Å². The number of carboxylic acid groups (broad SMARTS) is 1. The van der Waals surface area contributed by atoms with E-state index < -0.39 is 5.97 Å². The van der Waals surface area contributed by atoms with Gasteiger partial charge >= 0.3 is 5.97 Å². The normalized spacial score (nSPS) is 10.3. The summed E-state index contributed by atoms with van der Waals surface area (Å²) in [6, 6.07) is 8.50. The van der Waals surface area contributed by atoms with Crippen molar-refractivity contribution in [2.75, 3.05) is 0 Å². The first-order chi connectivity index (χ1) is 7.72. The highest BCUT2D eigenvalue weighted by atomic mass is 79.9. The number of benzene rings is 1. The molecular formula is C13H17BrO2. The predicted molar refractivity (Wildman–Crippen MR) is 68.9 cm³/mol. The standard InChI is InChI=1S/C13H17BrO2/c14-10-12-7-4-6-11(9-12)5-2-1-3-8-13(15)16/h4,6-7,9H,1-3,5,8,10H2,(H,15,16). The summed E-state index contributed by atoms with van der Waals surface area (Å²) in [7, 11) is 0. The van der Waals surface area contributed by atoms with Gasteiger partial charge in [-0.2, -0.15) is 0 Å². The van der Waals surface area contributed by atoms with Gasteiger partial charge in [0.1, 0.15) is 0 Å². The zero-order chi connectivity index (χ0) is 11.8. The van der Waals surface area contributed by atoms with Gasteiger partial charge in [0, 0.05) is 11.8 Å². The number of unbranched alkanes of at least 4 members (excludes halogenated alkanes) is 2. The largest absolute Gasteiger partial charge is 0.481 e. The van der Waals surface area contributed by atoms with Crippen LogP contribution in [-0.4, -0.2) is 11.1 Å². The molecule has 3 heteroatoms. The second kappa shape index (κ2) is 7.44. The SMILES string of the molecule is O=C(O)CCCCCc1cccc(CBr)c1. The molecule has 0 unspecified atom stereocenters. The van der Waals surface area contributed by atoms with Crippen molar-refractivity contribution in [2.24, 2.45) is 0 Å². The lowest BCUT2D eigenvalue weighted by Gasteiger charge is -2.03.